The van der Waals surface area contributed by atoms with Crippen molar-refractivity contribution in [2.75, 3.05) is 32.2 Å². The summed E-state index contributed by atoms with van der Waals surface area (Å²) in [6.07, 6.45) is 4.63. The van der Waals surface area contributed by atoms with Crippen LogP contribution in [0.2, 0.25) is 0 Å². The van der Waals surface area contributed by atoms with E-state index in [0.717, 1.165) is 11.3 Å². The number of nitrogens with zero attached hydrogens (tertiary/aromatic N) is 5. The molecule has 2 N–H and O–H groups in total. The van der Waals surface area contributed by atoms with E-state index in [1.807, 2.05) is 50.4 Å². The van der Waals surface area contributed by atoms with Crippen molar-refractivity contribution in [3.8, 4) is 17.3 Å². The van der Waals surface area contributed by atoms with E-state index in [1.54, 1.807) is 33.5 Å². The summed E-state index contributed by atoms with van der Waals surface area (Å²) in [5, 5.41) is 10.9. The Kier molecular flexibility index (Phi) is 10.9. The predicted octanol–water partition coefficient (Wildman–Crippen LogP) is 3.34. The van der Waals surface area contributed by atoms with E-state index in [0.29, 0.717) is 55.6 Å². The van der Waals surface area contributed by atoms with Crippen molar-refractivity contribution in [3.63, 3.8) is 0 Å². The van der Waals surface area contributed by atoms with Gasteiger partial charge in [-0.3, -0.25) is 14.4 Å². The molecule has 0 aliphatic carbocycles. The minimum atomic E-state index is -0.680. The Bertz CT molecular complexity index is 1360. The summed E-state index contributed by atoms with van der Waals surface area (Å²) in [5.74, 6) is 1.53. The molecule has 1 aromatic carbocycles. The largest absolute Gasteiger partial charge is 0.481 e. The molecular formula is C30H39N7O4S. The number of carbonyl (C=O) groups excluding carboxylic acids is 3. The minimum absolute atomic E-state index is 0.0210. The topological polar surface area (TPSA) is 131 Å². The van der Waals surface area contributed by atoms with Crippen LogP contribution in [-0.4, -0.2) is 80.6 Å². The van der Waals surface area contributed by atoms with Gasteiger partial charge in [0.15, 0.2) is 11.6 Å². The summed E-state index contributed by atoms with van der Waals surface area (Å²) < 4.78 is 7.02. The maximum atomic E-state index is 13.7. The van der Waals surface area contributed by atoms with Crippen LogP contribution in [0.4, 0.5) is 0 Å². The number of pyridine rings is 1. The van der Waals surface area contributed by atoms with Crippen LogP contribution < -0.4 is 15.4 Å². The van der Waals surface area contributed by atoms with Crippen molar-refractivity contribution < 1.29 is 19.1 Å². The minimum Gasteiger partial charge on any atom is -0.481 e. The Morgan fingerprint density at radius 2 is 1.90 bits per heavy atom. The van der Waals surface area contributed by atoms with Crippen LogP contribution in [0.5, 0.6) is 5.88 Å². The molecule has 3 aromatic rings. The lowest BCUT2D eigenvalue weighted by molar-refractivity contribution is -0.129. The number of benzene rings is 1. The maximum Gasteiger partial charge on any atom is 0.254 e. The molecule has 3 heterocycles. The lowest BCUT2D eigenvalue weighted by Gasteiger charge is -2.28. The molecule has 2 aromatic heterocycles. The average molecular weight is 594 g/mol. The van der Waals surface area contributed by atoms with Crippen LogP contribution in [0.1, 0.15) is 55.3 Å². The average Bonchev–Trinajstić information content (AvgIpc) is 3.42. The molecule has 1 aliphatic rings. The first-order valence-electron chi connectivity index (χ1n) is 14.2. The summed E-state index contributed by atoms with van der Waals surface area (Å²) in [6.45, 7) is 5.05. The standard InChI is InChI=1S/C30H39N7O4S/c1-20(2)26-28-34-27(21-9-6-5-7-10-21)35-37(28)17-16-36(30(40)22-12-14-31-25(19-22)41-3)15-8-11-24(38)32-23(13-18-42-4)29(39)33-26/h5-7,9-10,12,14,19-20,23,26H,8,11,13,15-18H2,1-4H3,(H,32,38)(H,33,39)/t23-,26+/m0/s1. The van der Waals surface area contributed by atoms with Crippen molar-refractivity contribution >= 4 is 29.5 Å². The summed E-state index contributed by atoms with van der Waals surface area (Å²) in [6, 6.07) is 11.8. The lowest BCUT2D eigenvalue weighted by Crippen LogP contribution is -2.49. The Hall–Kier alpha value is -3.93. The van der Waals surface area contributed by atoms with E-state index in [4.69, 9.17) is 14.8 Å². The number of ether oxygens (including phenoxy) is 1. The molecule has 12 heteroatoms. The van der Waals surface area contributed by atoms with E-state index < -0.39 is 12.1 Å². The second-order valence-corrected chi connectivity index (χ2v) is 11.5. The third-order valence-electron chi connectivity index (χ3n) is 7.13. The molecule has 42 heavy (non-hydrogen) atoms. The normalized spacial score (nSPS) is 18.5. The molecule has 11 nitrogen and oxygen atoms in total. The molecule has 3 amide bonds. The van der Waals surface area contributed by atoms with Crippen molar-refractivity contribution in [2.45, 2.75) is 51.7 Å². The maximum absolute atomic E-state index is 13.7. The van der Waals surface area contributed by atoms with Crippen LogP contribution in [0.3, 0.4) is 0 Å². The quantitative estimate of drug-likeness (QED) is 0.427. The fraction of sp³-hybridized carbons (Fsp3) is 0.467. The zero-order valence-electron chi connectivity index (χ0n) is 24.6. The highest BCUT2D eigenvalue weighted by Crippen LogP contribution is 2.25. The van der Waals surface area contributed by atoms with Gasteiger partial charge in [-0.1, -0.05) is 44.2 Å². The third kappa shape index (κ3) is 7.87. The first kappa shape index (κ1) is 31.0. The number of amides is 3. The number of hydrogen-bond donors (Lipinski definition) is 2. The fourth-order valence-electron chi connectivity index (χ4n) is 4.81. The monoisotopic (exact) mass is 593 g/mol. The van der Waals surface area contributed by atoms with Crippen molar-refractivity contribution in [1.29, 1.82) is 0 Å². The smallest absolute Gasteiger partial charge is 0.254 e. The van der Waals surface area contributed by atoms with Gasteiger partial charge in [0.2, 0.25) is 17.7 Å². The Morgan fingerprint density at radius 3 is 2.62 bits per heavy atom. The highest BCUT2D eigenvalue weighted by atomic mass is 32.2. The Labute approximate surface area is 250 Å². The molecule has 0 saturated carbocycles. The Morgan fingerprint density at radius 1 is 1.12 bits per heavy atom. The molecule has 0 unspecified atom stereocenters. The van der Waals surface area contributed by atoms with Gasteiger partial charge in [-0.25, -0.2) is 14.6 Å². The lowest BCUT2D eigenvalue weighted by atomic mass is 10.0. The van der Waals surface area contributed by atoms with Gasteiger partial charge in [-0.15, -0.1) is 0 Å². The van der Waals surface area contributed by atoms with Gasteiger partial charge in [0.25, 0.3) is 5.91 Å². The number of carbonyl (C=O) groups is 3. The Balaban J connectivity index is 1.73. The van der Waals surface area contributed by atoms with Crippen molar-refractivity contribution in [2.24, 2.45) is 5.92 Å². The van der Waals surface area contributed by atoms with E-state index in [1.165, 1.54) is 13.3 Å². The van der Waals surface area contributed by atoms with Gasteiger partial charge in [0.05, 0.1) is 19.7 Å². The molecule has 0 radical (unpaired) electrons. The van der Waals surface area contributed by atoms with E-state index in [-0.39, 0.29) is 30.1 Å². The fourth-order valence-corrected chi connectivity index (χ4v) is 5.28. The summed E-state index contributed by atoms with van der Waals surface area (Å²) >= 11 is 1.62. The van der Waals surface area contributed by atoms with Gasteiger partial charge < -0.3 is 20.3 Å². The van der Waals surface area contributed by atoms with Gasteiger partial charge in [-0.05, 0) is 36.8 Å². The number of rotatable bonds is 7. The SMILES string of the molecule is COc1cc(C(=O)N2CCCC(=O)N[C@@H](CCSC)C(=O)N[C@H](C(C)C)c3nc(-c4ccccc4)nn3CC2)ccn1. The van der Waals surface area contributed by atoms with Crippen LogP contribution >= 0.6 is 11.8 Å². The van der Waals surface area contributed by atoms with Crippen molar-refractivity contribution in [3.05, 3.63) is 60.0 Å². The van der Waals surface area contributed by atoms with E-state index in [2.05, 4.69) is 15.6 Å². The van der Waals surface area contributed by atoms with Gasteiger partial charge in [-0.2, -0.15) is 16.9 Å². The highest BCUT2D eigenvalue weighted by molar-refractivity contribution is 7.98. The molecule has 0 bridgehead atoms. The molecule has 0 fully saturated rings. The molecule has 1 aliphatic heterocycles. The predicted molar refractivity (Wildman–Crippen MR) is 162 cm³/mol. The summed E-state index contributed by atoms with van der Waals surface area (Å²) in [4.78, 5) is 50.8. The number of thioether (sulfide) groups is 1. The molecule has 2 atom stereocenters. The molecule has 224 valence electrons. The zero-order chi connectivity index (χ0) is 30.1. The van der Waals surface area contributed by atoms with Crippen LogP contribution in [-0.2, 0) is 16.1 Å². The van der Waals surface area contributed by atoms with Gasteiger partial charge >= 0.3 is 0 Å². The highest BCUT2D eigenvalue weighted by Gasteiger charge is 2.30. The number of methoxy groups -OCH3 is 1. The zero-order valence-corrected chi connectivity index (χ0v) is 25.4. The van der Waals surface area contributed by atoms with E-state index >= 15 is 0 Å². The van der Waals surface area contributed by atoms with Crippen LogP contribution in [0.25, 0.3) is 11.4 Å². The molecule has 0 saturated heterocycles. The number of aromatic nitrogens is 4. The summed E-state index contributed by atoms with van der Waals surface area (Å²) in [7, 11) is 1.50. The molecule has 0 spiro atoms. The van der Waals surface area contributed by atoms with E-state index in [9.17, 15) is 14.4 Å². The molecule has 4 rings (SSSR count). The third-order valence-corrected chi connectivity index (χ3v) is 7.77. The van der Waals surface area contributed by atoms with Gasteiger partial charge in [0, 0.05) is 42.9 Å². The summed E-state index contributed by atoms with van der Waals surface area (Å²) in [5.41, 5.74) is 1.30. The first-order valence-corrected chi connectivity index (χ1v) is 15.6. The second-order valence-electron chi connectivity index (χ2n) is 10.5. The van der Waals surface area contributed by atoms with Gasteiger partial charge in [0.1, 0.15) is 6.04 Å². The second kappa shape index (κ2) is 14.8. The first-order chi connectivity index (χ1) is 20.3. The van der Waals surface area contributed by atoms with Crippen molar-refractivity contribution in [1.82, 2.24) is 35.3 Å². The number of nitrogens with one attached hydrogen (secondary N) is 2. The van der Waals surface area contributed by atoms with Crippen LogP contribution in [0.15, 0.2) is 48.7 Å². The van der Waals surface area contributed by atoms with Crippen LogP contribution in [0, 0.1) is 5.92 Å². The molecular weight excluding hydrogens is 554 g/mol. The number of fused-ring (bicyclic) bond motifs is 1. The number of hydrogen-bond acceptors (Lipinski definition) is 8.